The SMILES string of the molecule is C[C@H]1CC(C)(C)N(C(=S)Nc2ccccc2)N1c1ccccc1. The van der Waals surface area contributed by atoms with Crippen molar-refractivity contribution in [2.75, 3.05) is 10.3 Å². The molecule has 1 saturated heterocycles. The summed E-state index contributed by atoms with van der Waals surface area (Å²) < 4.78 is 0. The highest BCUT2D eigenvalue weighted by Gasteiger charge is 2.44. The Morgan fingerprint density at radius 3 is 2.22 bits per heavy atom. The molecule has 0 unspecified atom stereocenters. The molecule has 120 valence electrons. The molecule has 0 bridgehead atoms. The first-order chi connectivity index (χ1) is 11.0. The molecule has 0 saturated carbocycles. The fraction of sp³-hybridized carbons (Fsp3) is 0.316. The monoisotopic (exact) mass is 325 g/mol. The Morgan fingerprint density at radius 2 is 1.61 bits per heavy atom. The minimum absolute atomic E-state index is 0.0336. The number of hydrogen-bond acceptors (Lipinski definition) is 2. The smallest absolute Gasteiger partial charge is 0.193 e. The lowest BCUT2D eigenvalue weighted by Gasteiger charge is -2.40. The molecule has 0 spiro atoms. The summed E-state index contributed by atoms with van der Waals surface area (Å²) in [7, 11) is 0. The Bertz CT molecular complexity index is 670. The third-order valence-corrected chi connectivity index (χ3v) is 4.51. The van der Waals surface area contributed by atoms with Crippen LogP contribution in [0, 0.1) is 0 Å². The largest absolute Gasteiger partial charge is 0.331 e. The van der Waals surface area contributed by atoms with E-state index >= 15 is 0 Å². The van der Waals surface area contributed by atoms with Crippen molar-refractivity contribution >= 4 is 28.7 Å². The number of hydrogen-bond donors (Lipinski definition) is 1. The molecule has 1 N–H and O–H groups in total. The van der Waals surface area contributed by atoms with Crippen molar-refractivity contribution in [3.8, 4) is 0 Å². The zero-order chi connectivity index (χ0) is 16.4. The van der Waals surface area contributed by atoms with Crippen LogP contribution >= 0.6 is 12.2 Å². The van der Waals surface area contributed by atoms with Crippen molar-refractivity contribution in [2.45, 2.75) is 38.8 Å². The Balaban J connectivity index is 1.91. The minimum atomic E-state index is -0.0336. The molecule has 3 nitrogen and oxygen atoms in total. The standard InChI is InChI=1S/C19H23N3S/c1-15-14-19(2,3)22(21(15)17-12-8-5-9-13-17)18(23)20-16-10-6-4-7-11-16/h4-13,15H,14H2,1-3H3,(H,20,23)/t15-/m0/s1. The molecule has 1 aliphatic rings. The van der Waals surface area contributed by atoms with Crippen LogP contribution in [-0.2, 0) is 0 Å². The minimum Gasteiger partial charge on any atom is -0.331 e. The van der Waals surface area contributed by atoms with Gasteiger partial charge in [-0.2, -0.15) is 0 Å². The van der Waals surface area contributed by atoms with Crippen LogP contribution in [0.4, 0.5) is 11.4 Å². The fourth-order valence-electron chi connectivity index (χ4n) is 3.41. The van der Waals surface area contributed by atoms with E-state index in [1.807, 2.05) is 36.4 Å². The van der Waals surface area contributed by atoms with E-state index < -0.39 is 0 Å². The maximum Gasteiger partial charge on any atom is 0.193 e. The number of rotatable bonds is 2. The number of thiocarbonyl (C=S) groups is 1. The molecule has 0 aliphatic carbocycles. The zero-order valence-electron chi connectivity index (χ0n) is 13.9. The number of benzene rings is 2. The normalized spacial score (nSPS) is 19.7. The van der Waals surface area contributed by atoms with E-state index in [9.17, 15) is 0 Å². The van der Waals surface area contributed by atoms with Gasteiger partial charge < -0.3 is 5.32 Å². The van der Waals surface area contributed by atoms with Gasteiger partial charge in [0.15, 0.2) is 5.11 Å². The summed E-state index contributed by atoms with van der Waals surface area (Å²) in [5, 5.41) is 8.63. The van der Waals surface area contributed by atoms with E-state index in [-0.39, 0.29) is 5.54 Å². The fourth-order valence-corrected chi connectivity index (χ4v) is 3.86. The predicted octanol–water partition coefficient (Wildman–Crippen LogP) is 4.68. The van der Waals surface area contributed by atoms with Crippen molar-refractivity contribution < 1.29 is 0 Å². The van der Waals surface area contributed by atoms with Crippen molar-refractivity contribution in [2.24, 2.45) is 0 Å². The van der Waals surface area contributed by atoms with Crippen LogP contribution in [0.5, 0.6) is 0 Å². The average Bonchev–Trinajstić information content (AvgIpc) is 2.78. The van der Waals surface area contributed by atoms with Crippen molar-refractivity contribution in [3.63, 3.8) is 0 Å². The first-order valence-corrected chi connectivity index (χ1v) is 8.40. The van der Waals surface area contributed by atoms with Gasteiger partial charge in [0.25, 0.3) is 0 Å². The average molecular weight is 325 g/mol. The molecule has 2 aromatic rings. The molecule has 2 aromatic carbocycles. The van der Waals surface area contributed by atoms with Gasteiger partial charge in [-0.05, 0) is 63.7 Å². The van der Waals surface area contributed by atoms with E-state index in [0.717, 1.165) is 17.2 Å². The third-order valence-electron chi connectivity index (χ3n) is 4.24. The molecular weight excluding hydrogens is 302 g/mol. The first-order valence-electron chi connectivity index (χ1n) is 7.99. The van der Waals surface area contributed by atoms with E-state index in [1.54, 1.807) is 0 Å². The number of hydrazine groups is 1. The van der Waals surface area contributed by atoms with Gasteiger partial charge in [-0.1, -0.05) is 36.4 Å². The van der Waals surface area contributed by atoms with Gasteiger partial charge in [0.05, 0.1) is 17.3 Å². The van der Waals surface area contributed by atoms with Crippen molar-refractivity contribution in [1.29, 1.82) is 0 Å². The van der Waals surface area contributed by atoms with Crippen LogP contribution in [0.3, 0.4) is 0 Å². The van der Waals surface area contributed by atoms with Gasteiger partial charge in [-0.15, -0.1) is 0 Å². The number of nitrogens with one attached hydrogen (secondary N) is 1. The van der Waals surface area contributed by atoms with Gasteiger partial charge in [-0.25, -0.2) is 0 Å². The van der Waals surface area contributed by atoms with Gasteiger partial charge >= 0.3 is 0 Å². The maximum absolute atomic E-state index is 5.75. The van der Waals surface area contributed by atoms with Crippen LogP contribution < -0.4 is 10.3 Å². The second-order valence-electron chi connectivity index (χ2n) is 6.65. The van der Waals surface area contributed by atoms with E-state index in [4.69, 9.17) is 12.2 Å². The lowest BCUT2D eigenvalue weighted by molar-refractivity contribution is 0.268. The quantitative estimate of drug-likeness (QED) is 0.808. The molecule has 23 heavy (non-hydrogen) atoms. The van der Waals surface area contributed by atoms with Crippen molar-refractivity contribution in [1.82, 2.24) is 5.01 Å². The molecule has 1 aliphatic heterocycles. The maximum atomic E-state index is 5.75. The molecule has 1 fully saturated rings. The summed E-state index contributed by atoms with van der Waals surface area (Å²) >= 11 is 5.75. The summed E-state index contributed by atoms with van der Waals surface area (Å²) in [4.78, 5) is 0. The molecule has 1 heterocycles. The molecular formula is C19H23N3S. The molecule has 0 radical (unpaired) electrons. The van der Waals surface area contributed by atoms with E-state index in [1.165, 1.54) is 5.69 Å². The lowest BCUT2D eigenvalue weighted by Crippen LogP contribution is -2.53. The molecule has 0 aromatic heterocycles. The summed E-state index contributed by atoms with van der Waals surface area (Å²) in [6.07, 6.45) is 1.05. The number of para-hydroxylation sites is 2. The predicted molar refractivity (Wildman–Crippen MR) is 102 cm³/mol. The van der Waals surface area contributed by atoms with Gasteiger partial charge in [0, 0.05) is 5.69 Å². The van der Waals surface area contributed by atoms with Crippen LogP contribution in [0.1, 0.15) is 27.2 Å². The van der Waals surface area contributed by atoms with Gasteiger partial charge in [0.2, 0.25) is 0 Å². The Hall–Kier alpha value is -2.07. The molecule has 3 rings (SSSR count). The first kappa shape index (κ1) is 15.8. The molecule has 4 heteroatoms. The molecule has 1 atom stereocenters. The Morgan fingerprint density at radius 1 is 1.04 bits per heavy atom. The number of anilines is 2. The van der Waals surface area contributed by atoms with Crippen LogP contribution in [0.2, 0.25) is 0 Å². The third kappa shape index (κ3) is 3.17. The highest BCUT2D eigenvalue weighted by molar-refractivity contribution is 7.80. The molecule has 0 amide bonds. The van der Waals surface area contributed by atoms with Crippen LogP contribution in [0.15, 0.2) is 60.7 Å². The van der Waals surface area contributed by atoms with Gasteiger partial charge in [-0.3, -0.25) is 10.0 Å². The summed E-state index contributed by atoms with van der Waals surface area (Å²) in [6.45, 7) is 6.73. The number of nitrogens with zero attached hydrogens (tertiary/aromatic N) is 2. The zero-order valence-corrected chi connectivity index (χ0v) is 14.7. The summed E-state index contributed by atoms with van der Waals surface area (Å²) in [5.74, 6) is 0. The second-order valence-corrected chi connectivity index (χ2v) is 7.04. The Kier molecular flexibility index (Phi) is 4.26. The highest BCUT2D eigenvalue weighted by atomic mass is 32.1. The van der Waals surface area contributed by atoms with E-state index in [2.05, 4.69) is 60.4 Å². The Labute approximate surface area is 143 Å². The van der Waals surface area contributed by atoms with Crippen LogP contribution in [0.25, 0.3) is 0 Å². The lowest BCUT2D eigenvalue weighted by atomic mass is 9.99. The topological polar surface area (TPSA) is 18.5 Å². The highest BCUT2D eigenvalue weighted by Crippen LogP contribution is 2.37. The summed E-state index contributed by atoms with van der Waals surface area (Å²) in [6, 6.07) is 20.9. The van der Waals surface area contributed by atoms with E-state index in [0.29, 0.717) is 6.04 Å². The van der Waals surface area contributed by atoms with Crippen molar-refractivity contribution in [3.05, 3.63) is 60.7 Å². The van der Waals surface area contributed by atoms with Crippen LogP contribution in [-0.4, -0.2) is 21.7 Å². The summed E-state index contributed by atoms with van der Waals surface area (Å²) in [5.41, 5.74) is 2.15. The second kappa shape index (κ2) is 6.20. The van der Waals surface area contributed by atoms with Gasteiger partial charge in [0.1, 0.15) is 0 Å².